The normalized spacial score (nSPS) is 13.8. The van der Waals surface area contributed by atoms with Gasteiger partial charge < -0.3 is 38.1 Å². The van der Waals surface area contributed by atoms with E-state index < -0.39 is 41.9 Å². The molecule has 41 heavy (non-hydrogen) atoms. The third-order valence-corrected chi connectivity index (χ3v) is 6.87. The average Bonchev–Trinajstić information content (AvgIpc) is 2.95. The van der Waals surface area contributed by atoms with Gasteiger partial charge in [-0.15, -0.1) is 0 Å². The Labute approximate surface area is 247 Å². The van der Waals surface area contributed by atoms with E-state index in [1.165, 1.54) is 0 Å². The second kappa shape index (κ2) is 20.7. The van der Waals surface area contributed by atoms with Crippen LogP contribution in [-0.4, -0.2) is 85.8 Å². The van der Waals surface area contributed by atoms with Crippen LogP contribution in [0.15, 0.2) is 30.3 Å². The summed E-state index contributed by atoms with van der Waals surface area (Å²) in [5, 5.41) is 13.6. The molecule has 0 saturated carbocycles. The van der Waals surface area contributed by atoms with E-state index in [-0.39, 0.29) is 24.8 Å². The Bertz CT molecular complexity index is 951. The van der Waals surface area contributed by atoms with E-state index in [9.17, 15) is 24.0 Å². The molecule has 0 bridgehead atoms. The fourth-order valence-electron chi connectivity index (χ4n) is 4.03. The predicted molar refractivity (Wildman–Crippen MR) is 162 cm³/mol. The Hall–Kier alpha value is -3.16. The van der Waals surface area contributed by atoms with Gasteiger partial charge in [-0.1, -0.05) is 44.2 Å². The van der Waals surface area contributed by atoms with Crippen molar-refractivity contribution >= 4 is 41.8 Å². The van der Waals surface area contributed by atoms with Gasteiger partial charge >= 0.3 is 0 Å². The van der Waals surface area contributed by atoms with E-state index in [1.54, 1.807) is 11.8 Å². The molecular formula is C28H47N7O5S. The summed E-state index contributed by atoms with van der Waals surface area (Å²) in [6.45, 7) is 4.78. The maximum absolute atomic E-state index is 13.4. The number of carbonyl (C=O) groups is 5. The second-order valence-electron chi connectivity index (χ2n) is 10.2. The van der Waals surface area contributed by atoms with E-state index in [1.807, 2.05) is 50.4 Å². The molecule has 0 aliphatic rings. The Balaban J connectivity index is 2.92. The first-order chi connectivity index (χ1) is 19.6. The highest BCUT2D eigenvalue weighted by Crippen LogP contribution is 2.09. The third-order valence-electron chi connectivity index (χ3n) is 6.22. The lowest BCUT2D eigenvalue weighted by Gasteiger charge is -2.26. The molecule has 13 heteroatoms. The summed E-state index contributed by atoms with van der Waals surface area (Å²) in [5.74, 6) is -0.906. The highest BCUT2D eigenvalue weighted by molar-refractivity contribution is 7.98. The quantitative estimate of drug-likeness (QED) is 0.0725. The summed E-state index contributed by atoms with van der Waals surface area (Å²) in [7, 11) is 0. The number of nitrogens with one attached hydrogen (secondary N) is 5. The number of rotatable bonds is 21. The van der Waals surface area contributed by atoms with E-state index in [0.29, 0.717) is 50.9 Å². The topological polar surface area (TPSA) is 198 Å². The van der Waals surface area contributed by atoms with Gasteiger partial charge in [0.15, 0.2) is 0 Å². The van der Waals surface area contributed by atoms with Gasteiger partial charge in [-0.3, -0.25) is 24.0 Å². The molecule has 5 amide bonds. The van der Waals surface area contributed by atoms with E-state index in [4.69, 9.17) is 11.5 Å². The fourth-order valence-corrected chi connectivity index (χ4v) is 4.50. The highest BCUT2D eigenvalue weighted by atomic mass is 32.2. The van der Waals surface area contributed by atoms with Gasteiger partial charge in [0, 0.05) is 26.1 Å². The SMILES string of the molecule is CSCCC(NC=O)C(=O)N[C@@H](CC(C)C)C(=O)N[C@@H](Cc1ccccc1)C(=O)NCCC[C@H](N)C(=O)NCCN. The first kappa shape index (κ1) is 35.9. The molecule has 0 aromatic heterocycles. The lowest BCUT2D eigenvalue weighted by Crippen LogP contribution is -2.57. The fraction of sp³-hybridized carbons (Fsp3) is 0.607. The van der Waals surface area contributed by atoms with Gasteiger partial charge in [0.05, 0.1) is 6.04 Å². The van der Waals surface area contributed by atoms with Gasteiger partial charge in [0.25, 0.3) is 0 Å². The maximum Gasteiger partial charge on any atom is 0.243 e. The number of carbonyl (C=O) groups excluding carboxylic acids is 5. The Morgan fingerprint density at radius 2 is 1.51 bits per heavy atom. The van der Waals surface area contributed by atoms with E-state index in [0.717, 1.165) is 5.56 Å². The van der Waals surface area contributed by atoms with Crippen LogP contribution in [0.2, 0.25) is 0 Å². The van der Waals surface area contributed by atoms with Crippen molar-refractivity contribution in [1.29, 1.82) is 0 Å². The van der Waals surface area contributed by atoms with Crippen molar-refractivity contribution in [3.63, 3.8) is 0 Å². The molecule has 0 saturated heterocycles. The summed E-state index contributed by atoms with van der Waals surface area (Å²) in [4.78, 5) is 62.5. The van der Waals surface area contributed by atoms with Crippen LogP contribution in [-0.2, 0) is 30.4 Å². The average molecular weight is 594 g/mol. The number of amides is 5. The minimum Gasteiger partial charge on any atom is -0.354 e. The lowest BCUT2D eigenvalue weighted by molar-refractivity contribution is -0.133. The van der Waals surface area contributed by atoms with Crippen molar-refractivity contribution in [1.82, 2.24) is 26.6 Å². The first-order valence-corrected chi connectivity index (χ1v) is 15.4. The van der Waals surface area contributed by atoms with Crippen LogP contribution >= 0.6 is 11.8 Å². The van der Waals surface area contributed by atoms with Crippen LogP contribution in [0.5, 0.6) is 0 Å². The summed E-state index contributed by atoms with van der Waals surface area (Å²) in [6, 6.07) is 5.99. The van der Waals surface area contributed by atoms with Gasteiger partial charge in [0.1, 0.15) is 18.1 Å². The maximum atomic E-state index is 13.4. The minimum absolute atomic E-state index is 0.0717. The van der Waals surface area contributed by atoms with Crippen molar-refractivity contribution in [2.45, 2.75) is 70.1 Å². The number of hydrogen-bond donors (Lipinski definition) is 7. The van der Waals surface area contributed by atoms with Gasteiger partial charge in [-0.25, -0.2) is 0 Å². The Morgan fingerprint density at radius 1 is 0.878 bits per heavy atom. The molecule has 9 N–H and O–H groups in total. The molecule has 230 valence electrons. The van der Waals surface area contributed by atoms with Crippen molar-refractivity contribution in [2.24, 2.45) is 17.4 Å². The second-order valence-corrected chi connectivity index (χ2v) is 11.2. The molecule has 0 aliphatic carbocycles. The zero-order valence-corrected chi connectivity index (χ0v) is 25.1. The van der Waals surface area contributed by atoms with Crippen LogP contribution < -0.4 is 38.1 Å². The van der Waals surface area contributed by atoms with Crippen LogP contribution in [0.3, 0.4) is 0 Å². The molecule has 4 atom stereocenters. The summed E-state index contributed by atoms with van der Waals surface area (Å²) in [5.41, 5.74) is 12.1. The van der Waals surface area contributed by atoms with Crippen LogP contribution in [0.1, 0.15) is 45.1 Å². The first-order valence-electron chi connectivity index (χ1n) is 14.0. The molecule has 0 radical (unpaired) electrons. The molecule has 0 aliphatic heterocycles. The Kier molecular flexibility index (Phi) is 18.1. The largest absolute Gasteiger partial charge is 0.354 e. The molecule has 1 aromatic carbocycles. The highest BCUT2D eigenvalue weighted by Gasteiger charge is 2.29. The molecule has 0 heterocycles. The van der Waals surface area contributed by atoms with Crippen molar-refractivity contribution in [3.8, 4) is 0 Å². The van der Waals surface area contributed by atoms with Crippen molar-refractivity contribution < 1.29 is 24.0 Å². The summed E-state index contributed by atoms with van der Waals surface area (Å²) >= 11 is 1.54. The molecule has 1 unspecified atom stereocenters. The van der Waals surface area contributed by atoms with E-state index >= 15 is 0 Å². The third kappa shape index (κ3) is 14.9. The number of hydrogen-bond acceptors (Lipinski definition) is 8. The molecule has 1 rings (SSSR count). The summed E-state index contributed by atoms with van der Waals surface area (Å²) < 4.78 is 0. The van der Waals surface area contributed by atoms with E-state index in [2.05, 4.69) is 26.6 Å². The Morgan fingerprint density at radius 3 is 2.12 bits per heavy atom. The lowest BCUT2D eigenvalue weighted by atomic mass is 10.0. The molecule has 0 spiro atoms. The van der Waals surface area contributed by atoms with Crippen LogP contribution in [0, 0.1) is 5.92 Å². The van der Waals surface area contributed by atoms with Gasteiger partial charge in [0.2, 0.25) is 30.0 Å². The number of benzene rings is 1. The van der Waals surface area contributed by atoms with Gasteiger partial charge in [-0.2, -0.15) is 11.8 Å². The summed E-state index contributed by atoms with van der Waals surface area (Å²) in [6.07, 6.45) is 4.20. The number of nitrogens with two attached hydrogens (primary N) is 2. The minimum atomic E-state index is -0.904. The number of thioether (sulfide) groups is 1. The van der Waals surface area contributed by atoms with Crippen LogP contribution in [0.25, 0.3) is 0 Å². The molecule has 0 fully saturated rings. The predicted octanol–water partition coefficient (Wildman–Crippen LogP) is -0.589. The zero-order chi connectivity index (χ0) is 30.6. The van der Waals surface area contributed by atoms with Crippen molar-refractivity contribution in [3.05, 3.63) is 35.9 Å². The standard InChI is InChI=1S/C28H47N7O5S/c1-19(2)16-23(34-27(39)22(33-18-36)11-15-41-3)28(40)35-24(17-20-8-5-4-6-9-20)26(38)31-13-7-10-21(30)25(37)32-14-12-29/h4-6,8-9,18-19,21-24H,7,10-17,29-30H2,1-3H3,(H,31,38)(H,32,37)(H,33,36)(H,34,39)(H,35,40)/t21-,22?,23-,24-/m0/s1. The van der Waals surface area contributed by atoms with Crippen LogP contribution in [0.4, 0.5) is 0 Å². The monoisotopic (exact) mass is 593 g/mol. The molecule has 1 aromatic rings. The molecular weight excluding hydrogens is 546 g/mol. The molecule has 12 nitrogen and oxygen atoms in total. The van der Waals surface area contributed by atoms with Gasteiger partial charge in [-0.05, 0) is 49.2 Å². The zero-order valence-electron chi connectivity index (χ0n) is 24.3. The van der Waals surface area contributed by atoms with Crippen molar-refractivity contribution in [2.75, 3.05) is 31.6 Å². The smallest absolute Gasteiger partial charge is 0.243 e.